The Balaban J connectivity index is 1.93. The smallest absolute Gasteiger partial charge is 0.320 e. The Morgan fingerprint density at radius 3 is 2.29 bits per heavy atom. The molecule has 0 aromatic rings. The predicted molar refractivity (Wildman–Crippen MR) is 69.0 cm³/mol. The maximum Gasteiger partial charge on any atom is 0.320 e. The first-order valence-electron chi connectivity index (χ1n) is 6.95. The molecule has 0 aliphatic carbocycles. The predicted octanol–water partition coefficient (Wildman–Crippen LogP) is 1.52. The molecule has 2 amide bonds. The van der Waals surface area contributed by atoms with Gasteiger partial charge in [0.25, 0.3) is 0 Å². The molecule has 2 saturated heterocycles. The molecule has 0 unspecified atom stereocenters. The summed E-state index contributed by atoms with van der Waals surface area (Å²) in [7, 11) is 0. The van der Waals surface area contributed by atoms with E-state index in [1.807, 2.05) is 4.90 Å². The van der Waals surface area contributed by atoms with E-state index >= 15 is 0 Å². The van der Waals surface area contributed by atoms with Gasteiger partial charge in [-0.25, -0.2) is 4.79 Å². The summed E-state index contributed by atoms with van der Waals surface area (Å²) < 4.78 is 0. The van der Waals surface area contributed by atoms with Gasteiger partial charge in [0.15, 0.2) is 0 Å². The lowest BCUT2D eigenvalue weighted by molar-refractivity contribution is 0.148. The summed E-state index contributed by atoms with van der Waals surface area (Å²) in [4.78, 5) is 16.4. The minimum atomic E-state index is 0.260. The van der Waals surface area contributed by atoms with Crippen molar-refractivity contribution in [1.29, 1.82) is 0 Å². The second-order valence-corrected chi connectivity index (χ2v) is 5.40. The number of urea groups is 1. The number of hydrogen-bond donors (Lipinski definition) is 1. The molecule has 0 aromatic carbocycles. The molecule has 0 radical (unpaired) electrons. The van der Waals surface area contributed by atoms with Crippen molar-refractivity contribution < 1.29 is 4.79 Å². The van der Waals surface area contributed by atoms with Gasteiger partial charge < -0.3 is 15.1 Å². The molecule has 17 heavy (non-hydrogen) atoms. The molecule has 0 saturated carbocycles. The number of piperazine rings is 1. The Hall–Kier alpha value is -0.770. The quantitative estimate of drug-likeness (QED) is 0.793. The maximum absolute atomic E-state index is 12.3. The van der Waals surface area contributed by atoms with Crippen molar-refractivity contribution in [3.63, 3.8) is 0 Å². The lowest BCUT2D eigenvalue weighted by Gasteiger charge is -2.32. The standard InChI is InChI=1S/C13H25N3O/c1-3-13(4-2)5-8-16(11-13)12(17)15-9-6-14-7-10-15/h14H,3-11H2,1-2H3. The van der Waals surface area contributed by atoms with E-state index in [2.05, 4.69) is 24.1 Å². The van der Waals surface area contributed by atoms with Crippen LogP contribution >= 0.6 is 0 Å². The summed E-state index contributed by atoms with van der Waals surface area (Å²) in [5.41, 5.74) is 0.393. The third-order valence-corrected chi connectivity index (χ3v) is 4.60. The van der Waals surface area contributed by atoms with Crippen molar-refractivity contribution >= 4 is 6.03 Å². The number of rotatable bonds is 2. The van der Waals surface area contributed by atoms with Gasteiger partial charge in [0.1, 0.15) is 0 Å². The van der Waals surface area contributed by atoms with E-state index in [1.165, 1.54) is 19.3 Å². The molecule has 2 aliphatic rings. The topological polar surface area (TPSA) is 35.6 Å². The fourth-order valence-electron chi connectivity index (χ4n) is 2.98. The highest BCUT2D eigenvalue weighted by atomic mass is 16.2. The summed E-state index contributed by atoms with van der Waals surface area (Å²) >= 11 is 0. The molecule has 0 bridgehead atoms. The zero-order valence-electron chi connectivity index (χ0n) is 11.2. The molecule has 2 heterocycles. The van der Waals surface area contributed by atoms with Gasteiger partial charge in [-0.1, -0.05) is 13.8 Å². The van der Waals surface area contributed by atoms with Crippen LogP contribution in [-0.2, 0) is 0 Å². The average molecular weight is 239 g/mol. The van der Waals surface area contributed by atoms with E-state index in [9.17, 15) is 4.79 Å². The molecule has 1 N–H and O–H groups in total. The van der Waals surface area contributed by atoms with Gasteiger partial charge >= 0.3 is 6.03 Å². The van der Waals surface area contributed by atoms with Crippen molar-refractivity contribution in [1.82, 2.24) is 15.1 Å². The van der Waals surface area contributed by atoms with Crippen LogP contribution in [0.15, 0.2) is 0 Å². The van der Waals surface area contributed by atoms with Crippen LogP contribution in [-0.4, -0.2) is 55.1 Å². The Labute approximate surface area is 104 Å². The van der Waals surface area contributed by atoms with E-state index in [0.717, 1.165) is 39.3 Å². The Morgan fingerprint density at radius 2 is 1.76 bits per heavy atom. The summed E-state index contributed by atoms with van der Waals surface area (Å²) in [6, 6.07) is 0.260. The number of nitrogens with zero attached hydrogens (tertiary/aromatic N) is 2. The Kier molecular flexibility index (Phi) is 3.92. The molecule has 4 heteroatoms. The van der Waals surface area contributed by atoms with Crippen LogP contribution in [0.5, 0.6) is 0 Å². The second kappa shape index (κ2) is 5.25. The average Bonchev–Trinajstić information content (AvgIpc) is 2.84. The molecule has 2 aliphatic heterocycles. The Morgan fingerprint density at radius 1 is 1.12 bits per heavy atom. The molecule has 0 spiro atoms. The minimum Gasteiger partial charge on any atom is -0.324 e. The molecule has 2 rings (SSSR count). The van der Waals surface area contributed by atoms with Crippen LogP contribution in [0.1, 0.15) is 33.1 Å². The van der Waals surface area contributed by atoms with Gasteiger partial charge in [-0.15, -0.1) is 0 Å². The van der Waals surface area contributed by atoms with E-state index in [0.29, 0.717) is 5.41 Å². The van der Waals surface area contributed by atoms with Crippen molar-refractivity contribution in [3.05, 3.63) is 0 Å². The first-order chi connectivity index (χ1) is 8.21. The Bertz CT molecular complexity index is 270. The number of carbonyl (C=O) groups is 1. The van der Waals surface area contributed by atoms with Gasteiger partial charge in [-0.05, 0) is 24.7 Å². The highest BCUT2D eigenvalue weighted by Gasteiger charge is 2.38. The monoisotopic (exact) mass is 239 g/mol. The van der Waals surface area contributed by atoms with Crippen LogP contribution in [0, 0.1) is 5.41 Å². The molecular weight excluding hydrogens is 214 g/mol. The van der Waals surface area contributed by atoms with Gasteiger partial charge in [-0.3, -0.25) is 0 Å². The fourth-order valence-corrected chi connectivity index (χ4v) is 2.98. The van der Waals surface area contributed by atoms with E-state index < -0.39 is 0 Å². The van der Waals surface area contributed by atoms with Gasteiger partial charge in [0.2, 0.25) is 0 Å². The lowest BCUT2D eigenvalue weighted by atomic mass is 9.82. The van der Waals surface area contributed by atoms with Crippen molar-refractivity contribution in [2.24, 2.45) is 5.41 Å². The number of amides is 2. The number of hydrogen-bond acceptors (Lipinski definition) is 2. The van der Waals surface area contributed by atoms with Crippen molar-refractivity contribution in [2.45, 2.75) is 33.1 Å². The molecule has 0 atom stereocenters. The molecule has 2 fully saturated rings. The van der Waals surface area contributed by atoms with E-state index in [-0.39, 0.29) is 6.03 Å². The van der Waals surface area contributed by atoms with E-state index in [4.69, 9.17) is 0 Å². The first kappa shape index (κ1) is 12.7. The zero-order valence-corrected chi connectivity index (χ0v) is 11.2. The second-order valence-electron chi connectivity index (χ2n) is 5.40. The van der Waals surface area contributed by atoms with Crippen LogP contribution in [0.3, 0.4) is 0 Å². The molecule has 4 nitrogen and oxygen atoms in total. The maximum atomic E-state index is 12.3. The zero-order chi connectivity index (χ0) is 12.3. The minimum absolute atomic E-state index is 0.260. The van der Waals surface area contributed by atoms with E-state index in [1.54, 1.807) is 0 Å². The molecular formula is C13H25N3O. The number of likely N-dealkylation sites (tertiary alicyclic amines) is 1. The normalized spacial score (nSPS) is 24.1. The third kappa shape index (κ3) is 2.57. The highest BCUT2D eigenvalue weighted by molar-refractivity contribution is 5.75. The highest BCUT2D eigenvalue weighted by Crippen LogP contribution is 2.37. The van der Waals surface area contributed by atoms with Crippen molar-refractivity contribution in [2.75, 3.05) is 39.3 Å². The van der Waals surface area contributed by atoms with Crippen LogP contribution in [0.4, 0.5) is 4.79 Å². The summed E-state index contributed by atoms with van der Waals surface area (Å²) in [6.45, 7) is 10.0. The lowest BCUT2D eigenvalue weighted by Crippen LogP contribution is -2.51. The van der Waals surface area contributed by atoms with Crippen LogP contribution in [0.25, 0.3) is 0 Å². The van der Waals surface area contributed by atoms with Gasteiger partial charge in [0, 0.05) is 39.3 Å². The number of carbonyl (C=O) groups excluding carboxylic acids is 1. The molecule has 98 valence electrons. The summed E-state index contributed by atoms with van der Waals surface area (Å²) in [5, 5.41) is 3.29. The van der Waals surface area contributed by atoms with Crippen molar-refractivity contribution in [3.8, 4) is 0 Å². The van der Waals surface area contributed by atoms with Crippen LogP contribution in [0.2, 0.25) is 0 Å². The van der Waals surface area contributed by atoms with Gasteiger partial charge in [-0.2, -0.15) is 0 Å². The third-order valence-electron chi connectivity index (χ3n) is 4.60. The molecule has 0 aromatic heterocycles. The summed E-state index contributed by atoms with van der Waals surface area (Å²) in [6.07, 6.45) is 3.56. The largest absolute Gasteiger partial charge is 0.324 e. The van der Waals surface area contributed by atoms with Crippen LogP contribution < -0.4 is 5.32 Å². The summed E-state index contributed by atoms with van der Waals surface area (Å²) in [5.74, 6) is 0. The van der Waals surface area contributed by atoms with Gasteiger partial charge in [0.05, 0.1) is 0 Å². The number of nitrogens with one attached hydrogen (secondary N) is 1. The first-order valence-corrected chi connectivity index (χ1v) is 6.95. The SMILES string of the molecule is CCC1(CC)CCN(C(=O)N2CCNCC2)C1. The fraction of sp³-hybridized carbons (Fsp3) is 0.923.